The molecule has 3 aromatic rings. The molecule has 0 unspecified atom stereocenters. The number of amides is 2. The van der Waals surface area contributed by atoms with Crippen LogP contribution in [-0.2, 0) is 4.79 Å². The van der Waals surface area contributed by atoms with Crippen LogP contribution < -0.4 is 20.1 Å². The Bertz CT molecular complexity index is 1140. The summed E-state index contributed by atoms with van der Waals surface area (Å²) in [4.78, 5) is 37.2. The largest absolute Gasteiger partial charge is 0.493 e. The van der Waals surface area contributed by atoms with Crippen molar-refractivity contribution in [1.82, 2.24) is 10.6 Å². The lowest BCUT2D eigenvalue weighted by Gasteiger charge is -2.22. The molecule has 0 saturated heterocycles. The zero-order chi connectivity index (χ0) is 24.0. The molecule has 0 aliphatic heterocycles. The lowest BCUT2D eigenvalue weighted by atomic mass is 10.1. The number of benzene rings is 3. The van der Waals surface area contributed by atoms with E-state index in [0.717, 1.165) is 8.95 Å². The fraction of sp³-hybridized carbons (Fsp3) is 0.125. The minimum absolute atomic E-state index is 0.226. The number of rotatable bonds is 7. The van der Waals surface area contributed by atoms with Gasteiger partial charge in [0, 0.05) is 27.0 Å². The molecular weight excluding hydrogens is 556 g/mol. The Kier molecular flexibility index (Phi) is 8.24. The van der Waals surface area contributed by atoms with Crippen molar-refractivity contribution in [2.24, 2.45) is 0 Å². The van der Waals surface area contributed by atoms with E-state index in [4.69, 9.17) is 9.47 Å². The predicted octanol–water partition coefficient (Wildman–Crippen LogP) is 5.00. The van der Waals surface area contributed by atoms with Crippen molar-refractivity contribution in [2.75, 3.05) is 7.11 Å². The Labute approximate surface area is 207 Å². The summed E-state index contributed by atoms with van der Waals surface area (Å²) in [6.07, 6.45) is -0.900. The molecular formula is C24H20Br2N2O5. The van der Waals surface area contributed by atoms with Crippen molar-refractivity contribution in [3.63, 3.8) is 0 Å². The van der Waals surface area contributed by atoms with Gasteiger partial charge in [-0.1, -0.05) is 50.1 Å². The molecule has 7 nitrogen and oxygen atoms in total. The summed E-state index contributed by atoms with van der Waals surface area (Å²) in [6.45, 7) is 1.28. The third kappa shape index (κ3) is 6.66. The summed E-state index contributed by atoms with van der Waals surface area (Å²) in [5.41, 5.74) is 1.35. The maximum atomic E-state index is 12.9. The van der Waals surface area contributed by atoms with Gasteiger partial charge in [-0.15, -0.1) is 0 Å². The van der Waals surface area contributed by atoms with Gasteiger partial charge in [0.05, 0.1) is 7.11 Å². The van der Waals surface area contributed by atoms with Crippen LogP contribution in [0.25, 0.3) is 0 Å². The van der Waals surface area contributed by atoms with Gasteiger partial charge in [0.25, 0.3) is 11.8 Å². The van der Waals surface area contributed by atoms with Crippen LogP contribution in [0.2, 0.25) is 0 Å². The summed E-state index contributed by atoms with van der Waals surface area (Å²) in [6, 6.07) is 18.5. The average molecular weight is 576 g/mol. The lowest BCUT2D eigenvalue weighted by molar-refractivity contribution is -0.132. The average Bonchev–Trinajstić information content (AvgIpc) is 2.78. The van der Waals surface area contributed by atoms with Crippen LogP contribution in [0.15, 0.2) is 75.7 Å². The molecule has 0 radical (unpaired) electrons. The zero-order valence-corrected chi connectivity index (χ0v) is 20.9. The molecule has 0 fully saturated rings. The first-order valence-corrected chi connectivity index (χ1v) is 11.3. The highest BCUT2D eigenvalue weighted by Crippen LogP contribution is 2.30. The SMILES string of the molecule is COc1cc(C(NC(=O)c2cccc(Br)c2)NC(=O)c2cccc(Br)c2)ccc1OC(C)=O. The number of hydrogen-bond donors (Lipinski definition) is 2. The fourth-order valence-electron chi connectivity index (χ4n) is 2.99. The molecule has 0 bridgehead atoms. The van der Waals surface area contributed by atoms with Gasteiger partial charge in [0.2, 0.25) is 0 Å². The van der Waals surface area contributed by atoms with Crippen LogP contribution in [-0.4, -0.2) is 24.9 Å². The summed E-state index contributed by atoms with van der Waals surface area (Å²) in [5, 5.41) is 5.67. The first kappa shape index (κ1) is 24.5. The van der Waals surface area contributed by atoms with E-state index >= 15 is 0 Å². The van der Waals surface area contributed by atoms with Crippen LogP contribution >= 0.6 is 31.9 Å². The van der Waals surface area contributed by atoms with Crippen molar-refractivity contribution in [3.8, 4) is 11.5 Å². The molecule has 33 heavy (non-hydrogen) atoms. The normalized spacial score (nSPS) is 10.5. The lowest BCUT2D eigenvalue weighted by Crippen LogP contribution is -2.41. The van der Waals surface area contributed by atoms with Gasteiger partial charge in [0.15, 0.2) is 11.5 Å². The van der Waals surface area contributed by atoms with Crippen molar-refractivity contribution >= 4 is 49.6 Å². The fourth-order valence-corrected chi connectivity index (χ4v) is 3.79. The van der Waals surface area contributed by atoms with Crippen molar-refractivity contribution in [1.29, 1.82) is 0 Å². The number of nitrogens with one attached hydrogen (secondary N) is 2. The van der Waals surface area contributed by atoms with Gasteiger partial charge in [-0.2, -0.15) is 0 Å². The second-order valence-corrected chi connectivity index (χ2v) is 8.74. The van der Waals surface area contributed by atoms with E-state index in [1.807, 2.05) is 12.1 Å². The summed E-state index contributed by atoms with van der Waals surface area (Å²) in [5.74, 6) is -0.772. The molecule has 0 heterocycles. The van der Waals surface area contributed by atoms with Gasteiger partial charge in [-0.05, 0) is 54.1 Å². The highest BCUT2D eigenvalue weighted by Gasteiger charge is 2.21. The minimum atomic E-state index is -0.900. The standard InChI is InChI=1S/C24H20Br2N2O5/c1-14(29)33-20-10-9-15(13-21(20)32-2)22(27-23(30)16-5-3-7-18(25)11-16)28-24(31)17-6-4-8-19(26)12-17/h3-13,22H,1-2H3,(H,27,30)(H,28,31). The molecule has 0 aliphatic carbocycles. The number of esters is 1. The Hall–Kier alpha value is -3.17. The quantitative estimate of drug-likeness (QED) is 0.235. The summed E-state index contributed by atoms with van der Waals surface area (Å²) >= 11 is 6.71. The first-order chi connectivity index (χ1) is 15.8. The van der Waals surface area contributed by atoms with Crippen LogP contribution in [0, 0.1) is 0 Å². The molecule has 0 aliphatic rings. The van der Waals surface area contributed by atoms with E-state index in [1.54, 1.807) is 54.6 Å². The van der Waals surface area contributed by atoms with Crippen molar-refractivity contribution in [3.05, 3.63) is 92.4 Å². The van der Waals surface area contributed by atoms with Crippen LogP contribution in [0.1, 0.15) is 39.4 Å². The highest BCUT2D eigenvalue weighted by molar-refractivity contribution is 9.10. The molecule has 9 heteroatoms. The molecule has 0 spiro atoms. The molecule has 2 amide bonds. The maximum Gasteiger partial charge on any atom is 0.308 e. The third-order valence-electron chi connectivity index (χ3n) is 4.50. The van der Waals surface area contributed by atoms with Gasteiger partial charge < -0.3 is 20.1 Å². The monoisotopic (exact) mass is 574 g/mol. The number of ether oxygens (including phenoxy) is 2. The number of methoxy groups -OCH3 is 1. The zero-order valence-electron chi connectivity index (χ0n) is 17.7. The van der Waals surface area contributed by atoms with Gasteiger partial charge in [-0.25, -0.2) is 0 Å². The topological polar surface area (TPSA) is 93.7 Å². The van der Waals surface area contributed by atoms with E-state index in [1.165, 1.54) is 14.0 Å². The molecule has 0 atom stereocenters. The van der Waals surface area contributed by atoms with Crippen LogP contribution in [0.3, 0.4) is 0 Å². The minimum Gasteiger partial charge on any atom is -0.493 e. The number of halogens is 2. The van der Waals surface area contributed by atoms with Gasteiger partial charge in [0.1, 0.15) is 6.17 Å². The van der Waals surface area contributed by atoms with E-state index in [0.29, 0.717) is 16.7 Å². The smallest absolute Gasteiger partial charge is 0.308 e. The van der Waals surface area contributed by atoms with E-state index in [2.05, 4.69) is 42.5 Å². The molecule has 170 valence electrons. The van der Waals surface area contributed by atoms with Crippen LogP contribution in [0.5, 0.6) is 11.5 Å². The second kappa shape index (κ2) is 11.1. The number of carbonyl (C=O) groups excluding carboxylic acids is 3. The first-order valence-electron chi connectivity index (χ1n) is 9.76. The Morgan fingerprint density at radius 3 is 1.79 bits per heavy atom. The van der Waals surface area contributed by atoms with Gasteiger partial charge >= 0.3 is 5.97 Å². The maximum absolute atomic E-state index is 12.9. The number of hydrogen-bond acceptors (Lipinski definition) is 5. The third-order valence-corrected chi connectivity index (χ3v) is 5.49. The molecule has 3 aromatic carbocycles. The Morgan fingerprint density at radius 1 is 0.788 bits per heavy atom. The Morgan fingerprint density at radius 2 is 1.33 bits per heavy atom. The second-order valence-electron chi connectivity index (χ2n) is 6.90. The molecule has 0 saturated carbocycles. The van der Waals surface area contributed by atoms with Crippen molar-refractivity contribution in [2.45, 2.75) is 13.1 Å². The number of carbonyl (C=O) groups is 3. The highest BCUT2D eigenvalue weighted by atomic mass is 79.9. The van der Waals surface area contributed by atoms with E-state index in [9.17, 15) is 14.4 Å². The predicted molar refractivity (Wildman–Crippen MR) is 130 cm³/mol. The van der Waals surface area contributed by atoms with E-state index < -0.39 is 12.1 Å². The van der Waals surface area contributed by atoms with Gasteiger partial charge in [-0.3, -0.25) is 14.4 Å². The van der Waals surface area contributed by atoms with Crippen LogP contribution in [0.4, 0.5) is 0 Å². The molecule has 3 rings (SSSR count). The summed E-state index contributed by atoms with van der Waals surface area (Å²) in [7, 11) is 1.43. The molecule has 2 N–H and O–H groups in total. The van der Waals surface area contributed by atoms with Crippen molar-refractivity contribution < 1.29 is 23.9 Å². The summed E-state index contributed by atoms with van der Waals surface area (Å²) < 4.78 is 12.0. The molecule has 0 aromatic heterocycles. The Balaban J connectivity index is 1.94. The van der Waals surface area contributed by atoms with E-state index in [-0.39, 0.29) is 23.3 Å².